The number of hydrogen-bond acceptors (Lipinski definition) is 4. The number of rotatable bonds is 7. The average Bonchev–Trinajstić information content (AvgIpc) is 3.11. The van der Waals surface area contributed by atoms with E-state index in [1.807, 2.05) is 13.8 Å². The molecule has 0 spiro atoms. The van der Waals surface area contributed by atoms with Gasteiger partial charge >= 0.3 is 5.97 Å². The van der Waals surface area contributed by atoms with Crippen molar-refractivity contribution >= 4 is 23.2 Å². The fraction of sp³-hybridized carbons (Fsp3) is 0.688. The summed E-state index contributed by atoms with van der Waals surface area (Å²) in [5, 5.41) is 12.9. The summed E-state index contributed by atoms with van der Waals surface area (Å²) < 4.78 is 0. The molecule has 1 atom stereocenters. The van der Waals surface area contributed by atoms with Crippen molar-refractivity contribution in [2.45, 2.75) is 70.8 Å². The van der Waals surface area contributed by atoms with Gasteiger partial charge in [-0.15, -0.1) is 11.3 Å². The highest BCUT2D eigenvalue weighted by molar-refractivity contribution is 7.13. The summed E-state index contributed by atoms with van der Waals surface area (Å²) in [5.74, 6) is -0.802. The molecule has 0 bridgehead atoms. The van der Waals surface area contributed by atoms with Crippen LogP contribution < -0.4 is 5.32 Å². The molecule has 1 aliphatic carbocycles. The Morgan fingerprint density at radius 2 is 2.09 bits per heavy atom. The molecule has 0 saturated heterocycles. The second-order valence-electron chi connectivity index (χ2n) is 5.95. The van der Waals surface area contributed by atoms with Gasteiger partial charge in [-0.25, -0.2) is 9.78 Å². The maximum absolute atomic E-state index is 12.4. The number of hydrogen-bond donors (Lipinski definition) is 2. The van der Waals surface area contributed by atoms with Gasteiger partial charge in [0.05, 0.1) is 10.7 Å². The second kappa shape index (κ2) is 7.72. The Morgan fingerprint density at radius 1 is 1.41 bits per heavy atom. The fourth-order valence-electron chi connectivity index (χ4n) is 2.86. The zero-order valence-electron chi connectivity index (χ0n) is 13.2. The first kappa shape index (κ1) is 16.9. The zero-order chi connectivity index (χ0) is 16.1. The minimum absolute atomic E-state index is 0.303. The number of carboxylic acid groups (broad SMARTS) is 1. The van der Waals surface area contributed by atoms with Crippen LogP contribution >= 0.6 is 11.3 Å². The Hall–Kier alpha value is -1.43. The number of aryl methyl sites for hydroxylation is 1. The summed E-state index contributed by atoms with van der Waals surface area (Å²) in [7, 11) is 0. The van der Waals surface area contributed by atoms with E-state index in [-0.39, 0.29) is 5.91 Å². The number of carbonyl (C=O) groups excluding carboxylic acids is 1. The van der Waals surface area contributed by atoms with Crippen LogP contribution in [-0.4, -0.2) is 28.0 Å². The Balaban J connectivity index is 2.06. The normalized spacial score (nSPS) is 16.6. The highest BCUT2D eigenvalue weighted by Crippen LogP contribution is 2.37. The molecule has 22 heavy (non-hydrogen) atoms. The van der Waals surface area contributed by atoms with Crippen molar-refractivity contribution in [3.05, 3.63) is 15.6 Å². The van der Waals surface area contributed by atoms with E-state index in [0.717, 1.165) is 30.7 Å². The number of unbranched alkanes of at least 4 members (excludes halogenated alkanes) is 1. The monoisotopic (exact) mass is 324 g/mol. The van der Waals surface area contributed by atoms with Crippen LogP contribution in [0.5, 0.6) is 0 Å². The van der Waals surface area contributed by atoms with Crippen LogP contribution in [0, 0.1) is 6.92 Å². The first-order chi connectivity index (χ1) is 10.5. The molecule has 6 heteroatoms. The van der Waals surface area contributed by atoms with Crippen molar-refractivity contribution < 1.29 is 14.7 Å². The molecule has 1 heterocycles. The number of amides is 1. The summed E-state index contributed by atoms with van der Waals surface area (Å²) in [4.78, 5) is 28.7. The Labute approximate surface area is 135 Å². The maximum Gasteiger partial charge on any atom is 0.326 e. The third-order valence-corrected chi connectivity index (χ3v) is 5.49. The molecule has 0 aromatic carbocycles. The van der Waals surface area contributed by atoms with Gasteiger partial charge in [-0.2, -0.15) is 0 Å². The van der Waals surface area contributed by atoms with Gasteiger partial charge in [-0.05, 0) is 26.2 Å². The Bertz CT molecular complexity index is 535. The lowest BCUT2D eigenvalue weighted by Crippen LogP contribution is -2.40. The summed E-state index contributed by atoms with van der Waals surface area (Å²) in [6, 6.07) is -0.816. The molecule has 1 aromatic rings. The number of thiazole rings is 1. The van der Waals surface area contributed by atoms with E-state index >= 15 is 0 Å². The maximum atomic E-state index is 12.4. The number of nitrogens with zero attached hydrogens (tertiary/aromatic N) is 1. The predicted octanol–water partition coefficient (Wildman–Crippen LogP) is 3.48. The molecule has 0 radical (unpaired) electrons. The largest absolute Gasteiger partial charge is 0.480 e. The standard InChI is InChI=1S/C16H24N2O3S/c1-3-4-9-12(16(20)21)18-14(19)13-10(2)17-15(22-13)11-7-5-6-8-11/h11-12H,3-9H2,1-2H3,(H,18,19)(H,20,21). The third-order valence-electron chi connectivity index (χ3n) is 4.17. The van der Waals surface area contributed by atoms with Crippen LogP contribution in [0.3, 0.4) is 0 Å². The molecule has 1 fully saturated rings. The van der Waals surface area contributed by atoms with E-state index in [9.17, 15) is 14.7 Å². The SMILES string of the molecule is CCCCC(NC(=O)c1sc(C2CCCC2)nc1C)C(=O)O. The smallest absolute Gasteiger partial charge is 0.326 e. The van der Waals surface area contributed by atoms with Gasteiger partial charge in [-0.3, -0.25) is 4.79 Å². The van der Waals surface area contributed by atoms with Crippen molar-refractivity contribution in [3.63, 3.8) is 0 Å². The zero-order valence-corrected chi connectivity index (χ0v) is 14.0. The van der Waals surface area contributed by atoms with Gasteiger partial charge in [0, 0.05) is 5.92 Å². The van der Waals surface area contributed by atoms with Gasteiger partial charge in [0.1, 0.15) is 10.9 Å². The number of aliphatic carboxylic acids is 1. The van der Waals surface area contributed by atoms with Gasteiger partial charge in [0.15, 0.2) is 0 Å². The van der Waals surface area contributed by atoms with E-state index in [2.05, 4.69) is 10.3 Å². The number of aromatic nitrogens is 1. The summed E-state index contributed by atoms with van der Waals surface area (Å²) >= 11 is 1.43. The van der Waals surface area contributed by atoms with Gasteiger partial charge < -0.3 is 10.4 Å². The molecule has 2 N–H and O–H groups in total. The molecule has 0 aliphatic heterocycles. The first-order valence-corrected chi connectivity index (χ1v) is 8.85. The van der Waals surface area contributed by atoms with E-state index in [0.29, 0.717) is 22.9 Å². The van der Waals surface area contributed by atoms with Crippen LogP contribution in [0.25, 0.3) is 0 Å². The quantitative estimate of drug-likeness (QED) is 0.804. The topological polar surface area (TPSA) is 79.3 Å². The summed E-state index contributed by atoms with van der Waals surface area (Å²) in [6.07, 6.45) is 6.89. The molecule has 1 aromatic heterocycles. The van der Waals surface area contributed by atoms with Crippen molar-refractivity contribution in [1.82, 2.24) is 10.3 Å². The minimum Gasteiger partial charge on any atom is -0.480 e. The van der Waals surface area contributed by atoms with Gasteiger partial charge in [0.25, 0.3) is 5.91 Å². The fourth-order valence-corrected chi connectivity index (χ4v) is 4.00. The molecule has 1 saturated carbocycles. The van der Waals surface area contributed by atoms with Crippen molar-refractivity contribution in [2.24, 2.45) is 0 Å². The van der Waals surface area contributed by atoms with E-state index in [1.165, 1.54) is 24.2 Å². The van der Waals surface area contributed by atoms with Crippen LogP contribution in [0.1, 0.15) is 78.2 Å². The molecule has 5 nitrogen and oxygen atoms in total. The highest BCUT2D eigenvalue weighted by atomic mass is 32.1. The molecule has 122 valence electrons. The lowest BCUT2D eigenvalue weighted by atomic mass is 10.1. The average molecular weight is 324 g/mol. The number of nitrogens with one attached hydrogen (secondary N) is 1. The molecule has 1 unspecified atom stereocenters. The van der Waals surface area contributed by atoms with E-state index in [1.54, 1.807) is 0 Å². The highest BCUT2D eigenvalue weighted by Gasteiger charge is 2.26. The predicted molar refractivity (Wildman–Crippen MR) is 86.5 cm³/mol. The molecular weight excluding hydrogens is 300 g/mol. The number of carboxylic acids is 1. The second-order valence-corrected chi connectivity index (χ2v) is 6.99. The van der Waals surface area contributed by atoms with Crippen LogP contribution in [0.2, 0.25) is 0 Å². The van der Waals surface area contributed by atoms with Crippen LogP contribution in [-0.2, 0) is 4.79 Å². The van der Waals surface area contributed by atoms with Crippen molar-refractivity contribution in [1.29, 1.82) is 0 Å². The van der Waals surface area contributed by atoms with Gasteiger partial charge in [-0.1, -0.05) is 32.6 Å². The summed E-state index contributed by atoms with van der Waals surface area (Å²) in [6.45, 7) is 3.83. The van der Waals surface area contributed by atoms with Crippen LogP contribution in [0.4, 0.5) is 0 Å². The van der Waals surface area contributed by atoms with Crippen molar-refractivity contribution in [3.8, 4) is 0 Å². The minimum atomic E-state index is -0.972. The third kappa shape index (κ3) is 4.06. The van der Waals surface area contributed by atoms with E-state index < -0.39 is 12.0 Å². The Kier molecular flexibility index (Phi) is 5.94. The van der Waals surface area contributed by atoms with E-state index in [4.69, 9.17) is 0 Å². The summed E-state index contributed by atoms with van der Waals surface area (Å²) in [5.41, 5.74) is 0.712. The first-order valence-electron chi connectivity index (χ1n) is 8.04. The molecule has 2 rings (SSSR count). The van der Waals surface area contributed by atoms with Crippen LogP contribution in [0.15, 0.2) is 0 Å². The lowest BCUT2D eigenvalue weighted by molar-refractivity contribution is -0.139. The lowest BCUT2D eigenvalue weighted by Gasteiger charge is -2.13. The Morgan fingerprint density at radius 3 is 2.68 bits per heavy atom. The molecule has 1 aliphatic rings. The number of carbonyl (C=O) groups is 2. The van der Waals surface area contributed by atoms with Gasteiger partial charge in [0.2, 0.25) is 0 Å². The molecule has 1 amide bonds. The molecular formula is C16H24N2O3S. The van der Waals surface area contributed by atoms with Crippen molar-refractivity contribution in [2.75, 3.05) is 0 Å².